The summed E-state index contributed by atoms with van der Waals surface area (Å²) in [6, 6.07) is 12.1. The number of carboxylic acids is 2. The Balaban J connectivity index is 1.73. The Labute approximate surface area is 194 Å². The smallest absolute Gasteiger partial charge is 0.335 e. The molecule has 0 amide bonds. The zero-order chi connectivity index (χ0) is 23.7. The number of halogens is 1. The molecule has 4 rings (SSSR count). The predicted octanol–water partition coefficient (Wildman–Crippen LogP) is 4.26. The lowest BCUT2D eigenvalue weighted by molar-refractivity contribution is 0.0696. The largest absolute Gasteiger partial charge is 0.478 e. The molecule has 0 unspecified atom stereocenters. The monoisotopic (exact) mass is 509 g/mol. The summed E-state index contributed by atoms with van der Waals surface area (Å²) in [4.78, 5) is 40.1. The minimum atomic E-state index is -1.25. The van der Waals surface area contributed by atoms with Crippen molar-refractivity contribution >= 4 is 45.0 Å². The van der Waals surface area contributed by atoms with Crippen molar-refractivity contribution in [2.75, 3.05) is 0 Å². The van der Waals surface area contributed by atoms with Crippen molar-refractivity contribution in [1.82, 2.24) is 9.66 Å². The summed E-state index contributed by atoms with van der Waals surface area (Å²) in [5, 5.41) is 23.2. The van der Waals surface area contributed by atoms with Gasteiger partial charge in [-0.05, 0) is 48.5 Å². The summed E-state index contributed by atoms with van der Waals surface area (Å²) in [5.41, 5.74) is 0.171. The van der Waals surface area contributed by atoms with Gasteiger partial charge >= 0.3 is 11.9 Å². The number of hydrogen-bond acceptors (Lipinski definition) is 6. The Kier molecular flexibility index (Phi) is 5.93. The van der Waals surface area contributed by atoms with Gasteiger partial charge in [0.1, 0.15) is 17.3 Å². The normalized spacial score (nSPS) is 11.3. The Hall–Kier alpha value is -4.05. The van der Waals surface area contributed by atoms with Crippen LogP contribution in [0, 0.1) is 0 Å². The van der Waals surface area contributed by atoms with E-state index in [1.54, 1.807) is 30.3 Å². The molecule has 2 aromatic heterocycles. The van der Waals surface area contributed by atoms with Crippen molar-refractivity contribution in [2.24, 2.45) is 5.10 Å². The van der Waals surface area contributed by atoms with E-state index in [2.05, 4.69) is 26.0 Å². The zero-order valence-electron chi connectivity index (χ0n) is 17.2. The van der Waals surface area contributed by atoms with Gasteiger partial charge in [0.15, 0.2) is 0 Å². The van der Waals surface area contributed by atoms with Crippen molar-refractivity contribution < 1.29 is 24.2 Å². The number of furan rings is 1. The number of benzene rings is 2. The van der Waals surface area contributed by atoms with Crippen LogP contribution in [-0.2, 0) is 6.42 Å². The number of aromatic nitrogens is 2. The topological polar surface area (TPSA) is 135 Å². The molecule has 0 spiro atoms. The molecular weight excluding hydrogens is 494 g/mol. The van der Waals surface area contributed by atoms with E-state index < -0.39 is 11.9 Å². The summed E-state index contributed by atoms with van der Waals surface area (Å²) < 4.78 is 7.65. The van der Waals surface area contributed by atoms with E-state index in [9.17, 15) is 24.6 Å². The second-order valence-electron chi connectivity index (χ2n) is 7.02. The van der Waals surface area contributed by atoms with E-state index in [0.717, 1.165) is 10.5 Å². The SMILES string of the molecule is CCc1nc2ccc(Br)cc2c(=O)n1N=Cc1ccc(-c2cc(C(=O)O)cc(C(=O)O)c2)o1. The van der Waals surface area contributed by atoms with Gasteiger partial charge in [-0.2, -0.15) is 9.78 Å². The summed E-state index contributed by atoms with van der Waals surface area (Å²) in [5.74, 6) is -1.50. The Morgan fingerprint density at radius 3 is 2.42 bits per heavy atom. The molecule has 0 atom stereocenters. The van der Waals surface area contributed by atoms with E-state index in [1.807, 2.05) is 6.92 Å². The average molecular weight is 510 g/mol. The van der Waals surface area contributed by atoms with Gasteiger partial charge in [-0.15, -0.1) is 0 Å². The van der Waals surface area contributed by atoms with Crippen LogP contribution in [0.4, 0.5) is 0 Å². The van der Waals surface area contributed by atoms with Gasteiger partial charge in [-0.3, -0.25) is 4.79 Å². The third-order valence-electron chi connectivity index (χ3n) is 4.83. The summed E-state index contributed by atoms with van der Waals surface area (Å²) in [7, 11) is 0. The molecule has 10 heteroatoms. The second kappa shape index (κ2) is 8.83. The number of rotatable bonds is 6. The quantitative estimate of drug-likeness (QED) is 0.370. The van der Waals surface area contributed by atoms with Crippen molar-refractivity contribution in [3.05, 3.63) is 86.1 Å². The summed E-state index contributed by atoms with van der Waals surface area (Å²) >= 11 is 3.35. The fourth-order valence-electron chi connectivity index (χ4n) is 3.25. The Bertz CT molecular complexity index is 1470. The first-order valence-corrected chi connectivity index (χ1v) is 10.5. The number of nitrogens with zero attached hydrogens (tertiary/aromatic N) is 3. The van der Waals surface area contributed by atoms with Crippen LogP contribution in [0.2, 0.25) is 0 Å². The molecule has 33 heavy (non-hydrogen) atoms. The number of carbonyl (C=O) groups is 2. The molecule has 0 aliphatic carbocycles. The number of hydrogen-bond donors (Lipinski definition) is 2. The van der Waals surface area contributed by atoms with Crippen LogP contribution < -0.4 is 5.56 Å². The van der Waals surface area contributed by atoms with Gasteiger partial charge in [0.05, 0.1) is 28.2 Å². The second-order valence-corrected chi connectivity index (χ2v) is 7.93. The molecule has 166 valence electrons. The van der Waals surface area contributed by atoms with E-state index >= 15 is 0 Å². The number of aryl methyl sites for hydroxylation is 1. The van der Waals surface area contributed by atoms with Crippen molar-refractivity contribution in [2.45, 2.75) is 13.3 Å². The average Bonchev–Trinajstić information content (AvgIpc) is 3.27. The molecular formula is C23H16BrN3O6. The number of aromatic carboxylic acids is 2. The lowest BCUT2D eigenvalue weighted by atomic mass is 10.0. The third kappa shape index (κ3) is 4.46. The fourth-order valence-corrected chi connectivity index (χ4v) is 3.61. The van der Waals surface area contributed by atoms with Gasteiger partial charge in [-0.1, -0.05) is 22.9 Å². The molecule has 0 saturated heterocycles. The van der Waals surface area contributed by atoms with Gasteiger partial charge in [0.2, 0.25) is 0 Å². The van der Waals surface area contributed by atoms with Gasteiger partial charge in [0, 0.05) is 16.5 Å². The third-order valence-corrected chi connectivity index (χ3v) is 5.32. The molecule has 2 heterocycles. The van der Waals surface area contributed by atoms with Crippen molar-refractivity contribution in [3.63, 3.8) is 0 Å². The van der Waals surface area contributed by atoms with Crippen LogP contribution >= 0.6 is 15.9 Å². The maximum atomic E-state index is 13.0. The fraction of sp³-hybridized carbons (Fsp3) is 0.0870. The molecule has 0 radical (unpaired) electrons. The Morgan fingerprint density at radius 1 is 1.09 bits per heavy atom. The van der Waals surface area contributed by atoms with Crippen LogP contribution in [0.25, 0.3) is 22.2 Å². The highest BCUT2D eigenvalue weighted by molar-refractivity contribution is 9.10. The molecule has 0 bridgehead atoms. The van der Waals surface area contributed by atoms with E-state index in [-0.39, 0.29) is 33.8 Å². The van der Waals surface area contributed by atoms with Gasteiger partial charge in [0.25, 0.3) is 5.56 Å². The molecule has 0 fully saturated rings. The molecule has 2 aromatic carbocycles. The highest BCUT2D eigenvalue weighted by atomic mass is 79.9. The predicted molar refractivity (Wildman–Crippen MR) is 124 cm³/mol. The lowest BCUT2D eigenvalue weighted by Crippen LogP contribution is -2.22. The number of fused-ring (bicyclic) bond motifs is 1. The minimum Gasteiger partial charge on any atom is -0.478 e. The molecule has 0 aliphatic rings. The van der Waals surface area contributed by atoms with E-state index in [0.29, 0.717) is 23.1 Å². The highest BCUT2D eigenvalue weighted by Gasteiger charge is 2.15. The first-order chi connectivity index (χ1) is 15.8. The molecule has 4 aromatic rings. The molecule has 0 aliphatic heterocycles. The van der Waals surface area contributed by atoms with Crippen LogP contribution in [-0.4, -0.2) is 38.0 Å². The molecule has 9 nitrogen and oxygen atoms in total. The van der Waals surface area contributed by atoms with Crippen LogP contribution in [0.1, 0.15) is 39.2 Å². The Morgan fingerprint density at radius 2 is 1.79 bits per heavy atom. The standard InChI is InChI=1S/C23H16BrN3O6/c1-2-20-26-18-5-3-15(24)10-17(18)21(28)27(20)25-11-16-4-6-19(33-16)12-7-13(22(29)30)9-14(8-12)23(31)32/h3-11H,2H2,1H3,(H,29,30)(H,31,32). The summed E-state index contributed by atoms with van der Waals surface area (Å²) in [6.45, 7) is 1.86. The number of carboxylic acid groups (broad SMARTS) is 2. The van der Waals surface area contributed by atoms with Gasteiger partial charge in [-0.25, -0.2) is 14.6 Å². The first-order valence-electron chi connectivity index (χ1n) is 9.74. The first kappa shape index (κ1) is 22.2. The minimum absolute atomic E-state index is 0.177. The molecule has 2 N–H and O–H groups in total. The van der Waals surface area contributed by atoms with Crippen molar-refractivity contribution in [1.29, 1.82) is 0 Å². The maximum absolute atomic E-state index is 13.0. The van der Waals surface area contributed by atoms with Crippen LogP contribution in [0.5, 0.6) is 0 Å². The van der Waals surface area contributed by atoms with Crippen LogP contribution in [0.3, 0.4) is 0 Å². The van der Waals surface area contributed by atoms with Gasteiger partial charge < -0.3 is 14.6 Å². The van der Waals surface area contributed by atoms with E-state index in [1.165, 1.54) is 23.0 Å². The maximum Gasteiger partial charge on any atom is 0.335 e. The van der Waals surface area contributed by atoms with Crippen LogP contribution in [0.15, 0.2) is 67.3 Å². The highest BCUT2D eigenvalue weighted by Crippen LogP contribution is 2.25. The van der Waals surface area contributed by atoms with E-state index in [4.69, 9.17) is 4.42 Å². The lowest BCUT2D eigenvalue weighted by Gasteiger charge is -2.07. The summed E-state index contributed by atoms with van der Waals surface area (Å²) in [6.07, 6.45) is 1.82. The van der Waals surface area contributed by atoms with Crippen molar-refractivity contribution in [3.8, 4) is 11.3 Å². The molecule has 0 saturated carbocycles. The zero-order valence-corrected chi connectivity index (χ0v) is 18.7.